The molecule has 1 aliphatic rings. The number of imide groups is 1. The number of fused-ring (bicyclic) bond motifs is 1. The monoisotopic (exact) mass is 383 g/mol. The molecule has 0 saturated heterocycles. The highest BCUT2D eigenvalue weighted by atomic mass is 16.5. The summed E-state index contributed by atoms with van der Waals surface area (Å²) in [5.41, 5.74) is 1.48. The van der Waals surface area contributed by atoms with Crippen molar-refractivity contribution in [3.05, 3.63) is 65.2 Å². The van der Waals surface area contributed by atoms with Crippen LogP contribution in [0.1, 0.15) is 31.1 Å². The molecule has 2 aromatic rings. The third-order valence-electron chi connectivity index (χ3n) is 4.22. The number of aldehydes is 1. The van der Waals surface area contributed by atoms with Gasteiger partial charge in [-0.2, -0.15) is 0 Å². The molecule has 0 aliphatic carbocycles. The Morgan fingerprint density at radius 1 is 0.750 bits per heavy atom. The number of hydrogen-bond donors (Lipinski definition) is 0. The summed E-state index contributed by atoms with van der Waals surface area (Å²) in [6.07, 6.45) is 0.779. The molecule has 146 valence electrons. The van der Waals surface area contributed by atoms with Gasteiger partial charge >= 0.3 is 0 Å². The van der Waals surface area contributed by atoms with E-state index in [0.717, 1.165) is 6.29 Å². The third kappa shape index (κ3) is 4.82. The van der Waals surface area contributed by atoms with Crippen LogP contribution in [0, 0.1) is 0 Å². The fourth-order valence-electron chi connectivity index (χ4n) is 2.78. The van der Waals surface area contributed by atoms with Crippen LogP contribution in [0.3, 0.4) is 0 Å². The summed E-state index contributed by atoms with van der Waals surface area (Å²) in [7, 11) is 0. The number of nitrogens with zero attached hydrogens (tertiary/aromatic N) is 1. The van der Waals surface area contributed by atoms with Crippen molar-refractivity contribution in [3.8, 4) is 5.75 Å². The lowest BCUT2D eigenvalue weighted by Crippen LogP contribution is -2.33. The van der Waals surface area contributed by atoms with E-state index in [2.05, 4.69) is 0 Å². The van der Waals surface area contributed by atoms with E-state index in [0.29, 0.717) is 48.9 Å². The molecule has 2 aromatic carbocycles. The number of rotatable bonds is 11. The van der Waals surface area contributed by atoms with E-state index >= 15 is 0 Å². The van der Waals surface area contributed by atoms with E-state index in [9.17, 15) is 14.4 Å². The van der Waals surface area contributed by atoms with Crippen LogP contribution in [0.15, 0.2) is 48.5 Å². The largest absolute Gasteiger partial charge is 0.491 e. The summed E-state index contributed by atoms with van der Waals surface area (Å²) in [6, 6.07) is 13.6. The van der Waals surface area contributed by atoms with Gasteiger partial charge in [-0.1, -0.05) is 12.1 Å². The van der Waals surface area contributed by atoms with Crippen LogP contribution in [0.2, 0.25) is 0 Å². The summed E-state index contributed by atoms with van der Waals surface area (Å²) in [5.74, 6) is 0.115. The van der Waals surface area contributed by atoms with E-state index in [-0.39, 0.29) is 25.0 Å². The van der Waals surface area contributed by atoms with Crippen LogP contribution >= 0.6 is 0 Å². The van der Waals surface area contributed by atoms with Crippen LogP contribution < -0.4 is 4.74 Å². The maximum absolute atomic E-state index is 12.2. The lowest BCUT2D eigenvalue weighted by molar-refractivity contribution is 0.0282. The summed E-state index contributed by atoms with van der Waals surface area (Å²) >= 11 is 0. The Kier molecular flexibility index (Phi) is 6.89. The van der Waals surface area contributed by atoms with Gasteiger partial charge in [-0.05, 0) is 36.4 Å². The molecule has 1 heterocycles. The molecule has 7 heteroatoms. The van der Waals surface area contributed by atoms with Gasteiger partial charge in [0.2, 0.25) is 0 Å². The third-order valence-corrected chi connectivity index (χ3v) is 4.22. The molecule has 0 atom stereocenters. The first-order valence-electron chi connectivity index (χ1n) is 8.99. The van der Waals surface area contributed by atoms with Crippen molar-refractivity contribution in [1.29, 1.82) is 0 Å². The Balaban J connectivity index is 1.24. The van der Waals surface area contributed by atoms with E-state index in [1.807, 2.05) is 0 Å². The standard InChI is InChI=1S/C21H21NO6/c23-15-16-5-7-17(8-6-16)28-14-13-27-12-11-26-10-9-22-20(24)18-3-1-2-4-19(18)21(22)25/h1-8,15H,9-14H2. The smallest absolute Gasteiger partial charge is 0.261 e. The first-order chi connectivity index (χ1) is 13.7. The number of amides is 2. The van der Waals surface area contributed by atoms with Crippen molar-refractivity contribution in [2.75, 3.05) is 39.6 Å². The molecular formula is C21H21NO6. The Hall–Kier alpha value is -3.03. The van der Waals surface area contributed by atoms with E-state index in [1.165, 1.54) is 4.90 Å². The number of carbonyl (C=O) groups excluding carboxylic acids is 3. The van der Waals surface area contributed by atoms with E-state index in [1.54, 1.807) is 48.5 Å². The van der Waals surface area contributed by atoms with Gasteiger partial charge in [0.05, 0.1) is 44.1 Å². The van der Waals surface area contributed by atoms with Crippen LogP contribution in [0.4, 0.5) is 0 Å². The van der Waals surface area contributed by atoms with Gasteiger partial charge in [-0.3, -0.25) is 19.3 Å². The van der Waals surface area contributed by atoms with Crippen LogP contribution in [-0.4, -0.2) is 62.6 Å². The molecule has 0 bridgehead atoms. The summed E-state index contributed by atoms with van der Waals surface area (Å²) in [5, 5.41) is 0. The number of carbonyl (C=O) groups is 3. The molecule has 28 heavy (non-hydrogen) atoms. The van der Waals surface area contributed by atoms with Crippen LogP contribution in [-0.2, 0) is 9.47 Å². The second-order valence-corrected chi connectivity index (χ2v) is 6.07. The Labute approximate surface area is 162 Å². The maximum atomic E-state index is 12.2. The van der Waals surface area contributed by atoms with Crippen molar-refractivity contribution in [1.82, 2.24) is 4.90 Å². The van der Waals surface area contributed by atoms with Crippen molar-refractivity contribution >= 4 is 18.1 Å². The molecule has 0 spiro atoms. The molecule has 0 saturated carbocycles. The lowest BCUT2D eigenvalue weighted by atomic mass is 10.1. The number of ether oxygens (including phenoxy) is 3. The molecule has 2 amide bonds. The quantitative estimate of drug-likeness (QED) is 0.336. The molecule has 1 aliphatic heterocycles. The second-order valence-electron chi connectivity index (χ2n) is 6.07. The lowest BCUT2D eigenvalue weighted by Gasteiger charge is -2.14. The van der Waals surface area contributed by atoms with Crippen molar-refractivity contribution in [2.45, 2.75) is 0 Å². The zero-order chi connectivity index (χ0) is 19.8. The average Bonchev–Trinajstić information content (AvgIpc) is 2.98. The van der Waals surface area contributed by atoms with Crippen molar-refractivity contribution in [3.63, 3.8) is 0 Å². The molecule has 7 nitrogen and oxygen atoms in total. The van der Waals surface area contributed by atoms with Gasteiger partial charge in [0.1, 0.15) is 18.6 Å². The minimum absolute atomic E-state index is 0.215. The predicted octanol–water partition coefficient (Wildman–Crippen LogP) is 2.21. The molecule has 0 aromatic heterocycles. The Bertz CT molecular complexity index is 798. The molecule has 0 unspecified atom stereocenters. The minimum atomic E-state index is -0.279. The van der Waals surface area contributed by atoms with Gasteiger partial charge in [-0.15, -0.1) is 0 Å². The van der Waals surface area contributed by atoms with Gasteiger partial charge in [0.25, 0.3) is 11.8 Å². The maximum Gasteiger partial charge on any atom is 0.261 e. The molecule has 0 radical (unpaired) electrons. The van der Waals surface area contributed by atoms with Gasteiger partial charge in [-0.25, -0.2) is 0 Å². The normalized spacial score (nSPS) is 12.9. The first kappa shape index (κ1) is 19.7. The summed E-state index contributed by atoms with van der Waals surface area (Å²) in [4.78, 5) is 36.2. The Morgan fingerprint density at radius 2 is 1.32 bits per heavy atom. The van der Waals surface area contributed by atoms with Crippen molar-refractivity contribution in [2.24, 2.45) is 0 Å². The van der Waals surface area contributed by atoms with E-state index in [4.69, 9.17) is 14.2 Å². The SMILES string of the molecule is O=Cc1ccc(OCCOCCOCCN2C(=O)c3ccccc3C2=O)cc1. The summed E-state index contributed by atoms with van der Waals surface area (Å²) < 4.78 is 16.3. The zero-order valence-corrected chi connectivity index (χ0v) is 15.3. The molecule has 0 fully saturated rings. The number of hydrogen-bond acceptors (Lipinski definition) is 6. The minimum Gasteiger partial charge on any atom is -0.491 e. The van der Waals surface area contributed by atoms with Crippen molar-refractivity contribution < 1.29 is 28.6 Å². The van der Waals surface area contributed by atoms with Gasteiger partial charge < -0.3 is 14.2 Å². The number of benzene rings is 2. The highest BCUT2D eigenvalue weighted by Gasteiger charge is 2.34. The zero-order valence-electron chi connectivity index (χ0n) is 15.3. The molecule has 0 N–H and O–H groups in total. The highest BCUT2D eigenvalue weighted by molar-refractivity contribution is 6.21. The van der Waals surface area contributed by atoms with Crippen LogP contribution in [0.5, 0.6) is 5.75 Å². The fourth-order valence-corrected chi connectivity index (χ4v) is 2.78. The van der Waals surface area contributed by atoms with Crippen LogP contribution in [0.25, 0.3) is 0 Å². The van der Waals surface area contributed by atoms with Gasteiger partial charge in [0, 0.05) is 5.56 Å². The highest BCUT2D eigenvalue weighted by Crippen LogP contribution is 2.21. The average molecular weight is 383 g/mol. The Morgan fingerprint density at radius 3 is 1.93 bits per heavy atom. The fraction of sp³-hybridized carbons (Fsp3) is 0.286. The topological polar surface area (TPSA) is 82.1 Å². The van der Waals surface area contributed by atoms with E-state index < -0.39 is 0 Å². The van der Waals surface area contributed by atoms with Gasteiger partial charge in [0.15, 0.2) is 0 Å². The first-order valence-corrected chi connectivity index (χ1v) is 8.99. The predicted molar refractivity (Wildman–Crippen MR) is 101 cm³/mol. The summed E-state index contributed by atoms with van der Waals surface area (Å²) in [6.45, 7) is 2.00. The molecular weight excluding hydrogens is 362 g/mol. The molecule has 3 rings (SSSR count). The second kappa shape index (κ2) is 9.77.